The molecule has 5 nitrogen and oxygen atoms in total. The topological polar surface area (TPSA) is 69.0 Å². The molecule has 0 aliphatic rings. The SMILES string of the molecule is C=CC(c1c[nH]c(=O)[nH]c1=O)N(C)C. The van der Waals surface area contributed by atoms with Crippen LogP contribution in [0.5, 0.6) is 0 Å². The van der Waals surface area contributed by atoms with E-state index in [9.17, 15) is 9.59 Å². The van der Waals surface area contributed by atoms with E-state index in [2.05, 4.69) is 16.5 Å². The lowest BCUT2D eigenvalue weighted by atomic mass is 10.1. The Hall–Kier alpha value is -1.62. The van der Waals surface area contributed by atoms with Crippen LogP contribution >= 0.6 is 0 Å². The lowest BCUT2D eigenvalue weighted by Crippen LogP contribution is -2.30. The number of likely N-dealkylation sites (N-methyl/N-ethyl adjacent to an activating group) is 1. The van der Waals surface area contributed by atoms with E-state index in [4.69, 9.17) is 0 Å². The minimum absolute atomic E-state index is 0.199. The van der Waals surface area contributed by atoms with Gasteiger partial charge in [0.1, 0.15) is 0 Å². The summed E-state index contributed by atoms with van der Waals surface area (Å²) in [5.74, 6) is 0. The van der Waals surface area contributed by atoms with Gasteiger partial charge in [-0.15, -0.1) is 6.58 Å². The molecule has 1 unspecified atom stereocenters. The summed E-state index contributed by atoms with van der Waals surface area (Å²) in [4.78, 5) is 28.6. The third-order valence-electron chi connectivity index (χ3n) is 1.95. The van der Waals surface area contributed by atoms with E-state index < -0.39 is 5.69 Å². The lowest BCUT2D eigenvalue weighted by Gasteiger charge is -2.19. The Morgan fingerprint density at radius 2 is 2.14 bits per heavy atom. The van der Waals surface area contributed by atoms with Gasteiger partial charge in [0.15, 0.2) is 0 Å². The fraction of sp³-hybridized carbons (Fsp3) is 0.333. The molecule has 0 radical (unpaired) electrons. The first-order chi connectivity index (χ1) is 6.56. The molecule has 0 aliphatic heterocycles. The van der Waals surface area contributed by atoms with Gasteiger partial charge in [-0.25, -0.2) is 4.79 Å². The Balaban J connectivity index is 3.24. The molecule has 1 aromatic heterocycles. The van der Waals surface area contributed by atoms with E-state index in [-0.39, 0.29) is 11.6 Å². The highest BCUT2D eigenvalue weighted by Crippen LogP contribution is 2.12. The number of aromatic nitrogens is 2. The Kier molecular flexibility index (Phi) is 3.03. The first-order valence-electron chi connectivity index (χ1n) is 4.17. The average molecular weight is 195 g/mol. The maximum atomic E-state index is 11.4. The van der Waals surface area contributed by atoms with Crippen LogP contribution in [0.3, 0.4) is 0 Å². The third kappa shape index (κ3) is 2.00. The zero-order chi connectivity index (χ0) is 10.7. The quantitative estimate of drug-likeness (QED) is 0.659. The van der Waals surface area contributed by atoms with Gasteiger partial charge >= 0.3 is 5.69 Å². The highest BCUT2D eigenvalue weighted by Gasteiger charge is 2.13. The van der Waals surface area contributed by atoms with Crippen LogP contribution in [0, 0.1) is 0 Å². The fourth-order valence-electron chi connectivity index (χ4n) is 1.26. The van der Waals surface area contributed by atoms with E-state index in [1.807, 2.05) is 19.0 Å². The first kappa shape index (κ1) is 10.5. The number of hydrogen-bond acceptors (Lipinski definition) is 3. The fourth-order valence-corrected chi connectivity index (χ4v) is 1.26. The summed E-state index contributed by atoms with van der Waals surface area (Å²) in [6, 6.07) is -0.199. The molecule has 1 atom stereocenters. The number of rotatable bonds is 3. The number of hydrogen-bond donors (Lipinski definition) is 2. The summed E-state index contributed by atoms with van der Waals surface area (Å²) in [7, 11) is 3.66. The minimum Gasteiger partial charge on any atom is -0.314 e. The predicted octanol–water partition coefficient (Wildman–Crippen LogP) is -0.148. The molecule has 0 bridgehead atoms. The van der Waals surface area contributed by atoms with Crippen molar-refractivity contribution in [2.75, 3.05) is 14.1 Å². The van der Waals surface area contributed by atoms with Gasteiger partial charge in [0, 0.05) is 6.20 Å². The van der Waals surface area contributed by atoms with Crippen molar-refractivity contribution >= 4 is 0 Å². The molecule has 2 N–H and O–H groups in total. The first-order valence-corrected chi connectivity index (χ1v) is 4.17. The molecule has 14 heavy (non-hydrogen) atoms. The summed E-state index contributed by atoms with van der Waals surface area (Å²) in [5.41, 5.74) is -0.405. The Labute approximate surface area is 81.1 Å². The smallest absolute Gasteiger partial charge is 0.314 e. The highest BCUT2D eigenvalue weighted by atomic mass is 16.2. The zero-order valence-corrected chi connectivity index (χ0v) is 8.20. The van der Waals surface area contributed by atoms with Crippen LogP contribution in [-0.2, 0) is 0 Å². The van der Waals surface area contributed by atoms with Gasteiger partial charge in [-0.3, -0.25) is 14.7 Å². The molecule has 76 valence electrons. The minimum atomic E-state index is -0.500. The molecule has 5 heteroatoms. The molecule has 0 fully saturated rings. The number of nitrogens with one attached hydrogen (secondary N) is 2. The summed E-state index contributed by atoms with van der Waals surface area (Å²) in [5, 5.41) is 0. The standard InChI is InChI=1S/C9H13N3O2/c1-4-7(12(2)3)6-5-10-9(14)11-8(6)13/h4-5,7H,1H2,2-3H3,(H2,10,11,13,14). The van der Waals surface area contributed by atoms with E-state index >= 15 is 0 Å². The van der Waals surface area contributed by atoms with E-state index in [1.54, 1.807) is 6.08 Å². The van der Waals surface area contributed by atoms with Crippen molar-refractivity contribution in [2.24, 2.45) is 0 Å². The van der Waals surface area contributed by atoms with Crippen LogP contribution in [0.15, 0.2) is 28.4 Å². The molecule has 0 aromatic carbocycles. The van der Waals surface area contributed by atoms with Gasteiger partial charge in [0.05, 0.1) is 11.6 Å². The van der Waals surface area contributed by atoms with Crippen molar-refractivity contribution < 1.29 is 0 Å². The normalized spacial score (nSPS) is 12.8. The van der Waals surface area contributed by atoms with Crippen molar-refractivity contribution in [3.8, 4) is 0 Å². The van der Waals surface area contributed by atoms with E-state index in [0.29, 0.717) is 5.56 Å². The van der Waals surface area contributed by atoms with Crippen LogP contribution in [0.4, 0.5) is 0 Å². The van der Waals surface area contributed by atoms with Gasteiger partial charge in [-0.2, -0.15) is 0 Å². The Morgan fingerprint density at radius 3 is 2.57 bits per heavy atom. The van der Waals surface area contributed by atoms with Gasteiger partial charge in [-0.05, 0) is 14.1 Å². The molecule has 0 aliphatic carbocycles. The summed E-state index contributed by atoms with van der Waals surface area (Å²) < 4.78 is 0. The highest BCUT2D eigenvalue weighted by molar-refractivity contribution is 5.14. The molecule has 1 heterocycles. The van der Waals surface area contributed by atoms with Crippen molar-refractivity contribution in [3.63, 3.8) is 0 Å². The van der Waals surface area contributed by atoms with Crippen molar-refractivity contribution in [3.05, 3.63) is 45.3 Å². The zero-order valence-electron chi connectivity index (χ0n) is 8.20. The molecule has 0 saturated heterocycles. The molecular weight excluding hydrogens is 182 g/mol. The van der Waals surface area contributed by atoms with Crippen LogP contribution in [0.25, 0.3) is 0 Å². The molecule has 1 aromatic rings. The van der Waals surface area contributed by atoms with Crippen LogP contribution in [-0.4, -0.2) is 29.0 Å². The second kappa shape index (κ2) is 4.06. The summed E-state index contributed by atoms with van der Waals surface area (Å²) in [6.07, 6.45) is 3.05. The second-order valence-electron chi connectivity index (χ2n) is 3.17. The van der Waals surface area contributed by atoms with E-state index in [1.165, 1.54) is 6.20 Å². The average Bonchev–Trinajstić information content (AvgIpc) is 2.09. The molecule has 1 rings (SSSR count). The van der Waals surface area contributed by atoms with Crippen LogP contribution in [0.2, 0.25) is 0 Å². The largest absolute Gasteiger partial charge is 0.325 e. The Bertz CT molecular complexity index is 430. The summed E-state index contributed by atoms with van der Waals surface area (Å²) >= 11 is 0. The number of aromatic amines is 2. The molecule has 0 amide bonds. The van der Waals surface area contributed by atoms with Gasteiger partial charge < -0.3 is 4.98 Å². The maximum Gasteiger partial charge on any atom is 0.325 e. The third-order valence-corrected chi connectivity index (χ3v) is 1.95. The van der Waals surface area contributed by atoms with E-state index in [0.717, 1.165) is 0 Å². The van der Waals surface area contributed by atoms with Crippen LogP contribution in [0.1, 0.15) is 11.6 Å². The Morgan fingerprint density at radius 1 is 1.50 bits per heavy atom. The van der Waals surface area contributed by atoms with Crippen LogP contribution < -0.4 is 11.2 Å². The predicted molar refractivity (Wildman–Crippen MR) is 54.3 cm³/mol. The molecule has 0 spiro atoms. The van der Waals surface area contributed by atoms with Crippen molar-refractivity contribution in [2.45, 2.75) is 6.04 Å². The lowest BCUT2D eigenvalue weighted by molar-refractivity contribution is 0.348. The van der Waals surface area contributed by atoms with Gasteiger partial charge in [-0.1, -0.05) is 6.08 Å². The van der Waals surface area contributed by atoms with Gasteiger partial charge in [0.2, 0.25) is 0 Å². The monoisotopic (exact) mass is 195 g/mol. The van der Waals surface area contributed by atoms with Crippen molar-refractivity contribution in [1.82, 2.24) is 14.9 Å². The molecular formula is C9H13N3O2. The van der Waals surface area contributed by atoms with Gasteiger partial charge in [0.25, 0.3) is 5.56 Å². The second-order valence-corrected chi connectivity index (χ2v) is 3.17. The summed E-state index contributed by atoms with van der Waals surface area (Å²) in [6.45, 7) is 3.64. The maximum absolute atomic E-state index is 11.4. The number of H-pyrrole nitrogens is 2. The number of nitrogens with zero attached hydrogens (tertiary/aromatic N) is 1. The molecule has 0 saturated carbocycles. The van der Waals surface area contributed by atoms with Crippen molar-refractivity contribution in [1.29, 1.82) is 0 Å².